The highest BCUT2D eigenvalue weighted by atomic mass is 32.1. The van der Waals surface area contributed by atoms with Gasteiger partial charge in [0.25, 0.3) is 0 Å². The van der Waals surface area contributed by atoms with Crippen LogP contribution in [0.15, 0.2) is 17.5 Å². The number of thiophene rings is 1. The van der Waals surface area contributed by atoms with Gasteiger partial charge in [-0.3, -0.25) is 0 Å². The molecule has 15 heavy (non-hydrogen) atoms. The fourth-order valence-electron chi connectivity index (χ4n) is 2.17. The molecule has 0 spiro atoms. The summed E-state index contributed by atoms with van der Waals surface area (Å²) in [5, 5.41) is 5.88. The summed E-state index contributed by atoms with van der Waals surface area (Å²) in [4.78, 5) is 1.47. The molecule has 1 aromatic heterocycles. The number of rotatable bonds is 5. The molecule has 0 amide bonds. The first kappa shape index (κ1) is 11.1. The van der Waals surface area contributed by atoms with Crippen molar-refractivity contribution in [3.63, 3.8) is 0 Å². The van der Waals surface area contributed by atoms with E-state index in [1.165, 1.54) is 17.7 Å². The monoisotopic (exact) mass is 224 g/mol. The minimum Gasteiger partial charge on any atom is -0.328 e. The molecule has 1 unspecified atom stereocenters. The molecule has 84 valence electrons. The summed E-state index contributed by atoms with van der Waals surface area (Å²) in [6.45, 7) is 2.24. The summed E-state index contributed by atoms with van der Waals surface area (Å²) in [7, 11) is 0. The third-order valence-corrected chi connectivity index (χ3v) is 4.06. The van der Waals surface area contributed by atoms with Crippen LogP contribution < -0.4 is 11.1 Å². The van der Waals surface area contributed by atoms with Gasteiger partial charge in [-0.25, -0.2) is 0 Å². The summed E-state index contributed by atoms with van der Waals surface area (Å²) < 4.78 is 0. The van der Waals surface area contributed by atoms with Gasteiger partial charge in [0.2, 0.25) is 0 Å². The molecule has 1 aliphatic rings. The Morgan fingerprint density at radius 2 is 2.40 bits per heavy atom. The Balaban J connectivity index is 1.89. The van der Waals surface area contributed by atoms with Gasteiger partial charge in [0.15, 0.2) is 0 Å². The molecule has 3 N–H and O–H groups in total. The van der Waals surface area contributed by atoms with Crippen LogP contribution in [0.5, 0.6) is 0 Å². The molecule has 1 aliphatic carbocycles. The quantitative estimate of drug-likeness (QED) is 0.807. The zero-order chi connectivity index (χ0) is 10.7. The van der Waals surface area contributed by atoms with E-state index in [1.54, 1.807) is 0 Å². The fraction of sp³-hybridized carbons (Fsp3) is 0.667. The first-order valence-corrected chi connectivity index (χ1v) is 6.72. The van der Waals surface area contributed by atoms with E-state index in [4.69, 9.17) is 5.73 Å². The van der Waals surface area contributed by atoms with E-state index >= 15 is 0 Å². The molecule has 0 aliphatic heterocycles. The van der Waals surface area contributed by atoms with Gasteiger partial charge >= 0.3 is 0 Å². The highest BCUT2D eigenvalue weighted by Crippen LogP contribution is 2.27. The predicted molar refractivity (Wildman–Crippen MR) is 66.1 cm³/mol. The largest absolute Gasteiger partial charge is 0.328 e. The number of hydrogen-bond acceptors (Lipinski definition) is 3. The molecule has 2 nitrogen and oxygen atoms in total. The van der Waals surface area contributed by atoms with Gasteiger partial charge in [-0.05, 0) is 30.7 Å². The van der Waals surface area contributed by atoms with Crippen molar-refractivity contribution in [3.05, 3.63) is 22.4 Å². The molecular formula is C12H20N2S. The maximum Gasteiger partial charge on any atom is 0.0416 e. The number of nitrogens with two attached hydrogens (primary N) is 1. The van der Waals surface area contributed by atoms with Crippen LogP contribution in [0.4, 0.5) is 0 Å². The SMILES string of the molecule is CCCC(NC1CC(N)C1)c1cccs1. The lowest BCUT2D eigenvalue weighted by atomic mass is 9.86. The van der Waals surface area contributed by atoms with Crippen LogP contribution in [-0.2, 0) is 0 Å². The van der Waals surface area contributed by atoms with Crippen LogP contribution >= 0.6 is 11.3 Å². The Kier molecular flexibility index (Phi) is 3.78. The minimum atomic E-state index is 0.438. The Hall–Kier alpha value is -0.380. The molecule has 3 heteroatoms. The normalized spacial score (nSPS) is 27.3. The van der Waals surface area contributed by atoms with Gasteiger partial charge in [-0.2, -0.15) is 0 Å². The Morgan fingerprint density at radius 1 is 1.60 bits per heavy atom. The molecule has 1 fully saturated rings. The molecule has 0 bridgehead atoms. The molecule has 1 heterocycles. The van der Waals surface area contributed by atoms with Crippen molar-refractivity contribution < 1.29 is 0 Å². The second-order valence-electron chi connectivity index (χ2n) is 4.45. The van der Waals surface area contributed by atoms with Gasteiger partial charge in [-0.1, -0.05) is 19.4 Å². The van der Waals surface area contributed by atoms with E-state index in [9.17, 15) is 0 Å². The van der Waals surface area contributed by atoms with Crippen molar-refractivity contribution in [3.8, 4) is 0 Å². The molecule has 1 saturated carbocycles. The van der Waals surface area contributed by atoms with E-state index in [2.05, 4.69) is 29.8 Å². The Labute approximate surface area is 95.9 Å². The van der Waals surface area contributed by atoms with E-state index in [1.807, 2.05) is 11.3 Å². The smallest absolute Gasteiger partial charge is 0.0416 e. The number of nitrogens with one attached hydrogen (secondary N) is 1. The maximum absolute atomic E-state index is 5.80. The summed E-state index contributed by atoms with van der Waals surface area (Å²) in [5.74, 6) is 0. The van der Waals surface area contributed by atoms with Gasteiger partial charge in [-0.15, -0.1) is 11.3 Å². The second-order valence-corrected chi connectivity index (χ2v) is 5.43. The third kappa shape index (κ3) is 2.80. The van der Waals surface area contributed by atoms with Crippen molar-refractivity contribution in [1.82, 2.24) is 5.32 Å². The van der Waals surface area contributed by atoms with Crippen LogP contribution in [0, 0.1) is 0 Å². The number of hydrogen-bond donors (Lipinski definition) is 2. The molecule has 0 saturated heterocycles. The van der Waals surface area contributed by atoms with Crippen molar-refractivity contribution in [2.45, 2.75) is 50.7 Å². The maximum atomic E-state index is 5.80. The lowest BCUT2D eigenvalue weighted by Gasteiger charge is -2.36. The highest BCUT2D eigenvalue weighted by Gasteiger charge is 2.28. The third-order valence-electron chi connectivity index (χ3n) is 3.08. The first-order valence-electron chi connectivity index (χ1n) is 5.84. The zero-order valence-corrected chi connectivity index (χ0v) is 10.1. The van der Waals surface area contributed by atoms with Crippen LogP contribution in [0.2, 0.25) is 0 Å². The standard InChI is InChI=1S/C12H20N2S/c1-2-4-11(12-5-3-6-15-12)14-10-7-9(13)8-10/h3,5-6,9-11,14H,2,4,7-8,13H2,1H3. The van der Waals surface area contributed by atoms with Gasteiger partial charge in [0.1, 0.15) is 0 Å². The van der Waals surface area contributed by atoms with Crippen LogP contribution in [0.1, 0.15) is 43.5 Å². The van der Waals surface area contributed by atoms with Crippen LogP contribution in [0.3, 0.4) is 0 Å². The molecule has 0 aromatic carbocycles. The lowest BCUT2D eigenvalue weighted by molar-refractivity contribution is 0.262. The van der Waals surface area contributed by atoms with Crippen LogP contribution in [0.25, 0.3) is 0 Å². The molecule has 0 radical (unpaired) electrons. The van der Waals surface area contributed by atoms with E-state index in [0.717, 1.165) is 12.8 Å². The van der Waals surface area contributed by atoms with Crippen molar-refractivity contribution >= 4 is 11.3 Å². The first-order chi connectivity index (χ1) is 7.29. The van der Waals surface area contributed by atoms with Crippen molar-refractivity contribution in [2.75, 3.05) is 0 Å². The lowest BCUT2D eigenvalue weighted by Crippen LogP contribution is -2.49. The Morgan fingerprint density at radius 3 is 2.93 bits per heavy atom. The van der Waals surface area contributed by atoms with Crippen LogP contribution in [-0.4, -0.2) is 12.1 Å². The second kappa shape index (κ2) is 5.10. The summed E-state index contributed by atoms with van der Waals surface area (Å²) in [6, 6.07) is 6.01. The predicted octanol–water partition coefficient (Wildman–Crippen LogP) is 2.67. The molecule has 2 rings (SSSR count). The average Bonchev–Trinajstić information content (AvgIpc) is 2.67. The zero-order valence-electron chi connectivity index (χ0n) is 9.28. The van der Waals surface area contributed by atoms with E-state index in [-0.39, 0.29) is 0 Å². The van der Waals surface area contributed by atoms with Crippen molar-refractivity contribution in [1.29, 1.82) is 0 Å². The average molecular weight is 224 g/mol. The molecule has 1 atom stereocenters. The summed E-state index contributed by atoms with van der Waals surface area (Å²) in [5.41, 5.74) is 5.80. The topological polar surface area (TPSA) is 38.0 Å². The molecular weight excluding hydrogens is 204 g/mol. The summed E-state index contributed by atoms with van der Waals surface area (Å²) >= 11 is 1.85. The Bertz CT molecular complexity index is 278. The minimum absolute atomic E-state index is 0.438. The van der Waals surface area contributed by atoms with Gasteiger partial charge < -0.3 is 11.1 Å². The highest BCUT2D eigenvalue weighted by molar-refractivity contribution is 7.10. The van der Waals surface area contributed by atoms with Gasteiger partial charge in [0.05, 0.1) is 0 Å². The van der Waals surface area contributed by atoms with E-state index < -0.39 is 0 Å². The van der Waals surface area contributed by atoms with Gasteiger partial charge in [0, 0.05) is 23.0 Å². The summed E-state index contributed by atoms with van der Waals surface area (Å²) in [6.07, 6.45) is 4.75. The van der Waals surface area contributed by atoms with E-state index in [0.29, 0.717) is 18.1 Å². The van der Waals surface area contributed by atoms with Crippen molar-refractivity contribution in [2.24, 2.45) is 5.73 Å². The fourth-order valence-corrected chi connectivity index (χ4v) is 2.99. The molecule has 1 aromatic rings.